The molecule has 2 fully saturated rings. The maximum atomic E-state index is 12.6. The Labute approximate surface area is 172 Å². The number of nitrogens with one attached hydrogen (secondary N) is 1. The van der Waals surface area contributed by atoms with Gasteiger partial charge in [0.15, 0.2) is 0 Å². The quantitative estimate of drug-likeness (QED) is 0.807. The Hall–Kier alpha value is -2.51. The minimum atomic E-state index is -0.157. The molecule has 1 aromatic heterocycles. The van der Waals surface area contributed by atoms with E-state index in [4.69, 9.17) is 4.74 Å². The average Bonchev–Trinajstić information content (AvgIpc) is 3.26. The monoisotopic (exact) mass is 395 g/mol. The van der Waals surface area contributed by atoms with Crippen LogP contribution in [0.15, 0.2) is 36.4 Å². The number of aryl methyl sites for hydroxylation is 1. The molecule has 0 spiro atoms. The summed E-state index contributed by atoms with van der Waals surface area (Å²) in [6, 6.07) is 12.4. The van der Waals surface area contributed by atoms with E-state index in [0.29, 0.717) is 18.1 Å². The number of ether oxygens (including phenoxy) is 1. The highest BCUT2D eigenvalue weighted by molar-refractivity contribution is 5.93. The molecule has 1 amide bonds. The van der Waals surface area contributed by atoms with Crippen LogP contribution in [0.3, 0.4) is 0 Å². The van der Waals surface area contributed by atoms with E-state index in [-0.39, 0.29) is 12.0 Å². The van der Waals surface area contributed by atoms with Crippen molar-refractivity contribution in [2.24, 2.45) is 0 Å². The fourth-order valence-electron chi connectivity index (χ4n) is 3.91. The Kier molecular flexibility index (Phi) is 6.36. The fraction of sp³-hybridized carbons (Fsp3) is 0.500. The van der Waals surface area contributed by atoms with Gasteiger partial charge in [0.1, 0.15) is 17.3 Å². The van der Waals surface area contributed by atoms with Crippen molar-refractivity contribution in [3.63, 3.8) is 0 Å². The zero-order valence-electron chi connectivity index (χ0n) is 17.0. The lowest BCUT2D eigenvalue weighted by molar-refractivity contribution is 0.0853. The smallest absolute Gasteiger partial charge is 0.270 e. The van der Waals surface area contributed by atoms with Gasteiger partial charge >= 0.3 is 0 Å². The Morgan fingerprint density at radius 1 is 1.17 bits per heavy atom. The lowest BCUT2D eigenvalue weighted by Crippen LogP contribution is -2.46. The van der Waals surface area contributed by atoms with E-state index in [1.165, 1.54) is 5.56 Å². The number of piperazine rings is 1. The van der Waals surface area contributed by atoms with Crippen LogP contribution in [0.1, 0.15) is 34.7 Å². The van der Waals surface area contributed by atoms with Crippen LogP contribution in [0.2, 0.25) is 0 Å². The van der Waals surface area contributed by atoms with Crippen LogP contribution in [-0.4, -0.2) is 66.2 Å². The molecule has 2 aliphatic heterocycles. The number of benzene rings is 1. The Morgan fingerprint density at radius 3 is 2.69 bits per heavy atom. The summed E-state index contributed by atoms with van der Waals surface area (Å²) in [6.45, 7) is 7.85. The lowest BCUT2D eigenvalue weighted by Gasteiger charge is -2.35. The van der Waals surface area contributed by atoms with Gasteiger partial charge in [-0.05, 0) is 25.3 Å². The highest BCUT2D eigenvalue weighted by Gasteiger charge is 2.21. The highest BCUT2D eigenvalue weighted by Crippen LogP contribution is 2.17. The Balaban J connectivity index is 1.34. The third-order valence-electron chi connectivity index (χ3n) is 5.52. The molecular formula is C22H29N5O2. The fourth-order valence-corrected chi connectivity index (χ4v) is 3.91. The Bertz CT molecular complexity index is 815. The molecule has 154 valence electrons. The van der Waals surface area contributed by atoms with E-state index in [2.05, 4.69) is 49.4 Å². The van der Waals surface area contributed by atoms with Gasteiger partial charge in [0.25, 0.3) is 5.91 Å². The first-order valence-corrected chi connectivity index (χ1v) is 10.4. The number of nitrogens with zero attached hydrogens (tertiary/aromatic N) is 4. The molecule has 2 aromatic rings. The summed E-state index contributed by atoms with van der Waals surface area (Å²) in [5.41, 5.74) is 1.77. The molecule has 0 saturated carbocycles. The topological polar surface area (TPSA) is 70.6 Å². The zero-order chi connectivity index (χ0) is 20.1. The average molecular weight is 396 g/mol. The summed E-state index contributed by atoms with van der Waals surface area (Å²) in [6.07, 6.45) is 2.19. The number of carbonyl (C=O) groups excluding carboxylic acids is 1. The lowest BCUT2D eigenvalue weighted by atomic mass is 10.2. The molecule has 7 heteroatoms. The van der Waals surface area contributed by atoms with Crippen molar-refractivity contribution in [2.45, 2.75) is 32.4 Å². The normalized spacial score (nSPS) is 20.0. The number of rotatable bonds is 6. The SMILES string of the molecule is Cc1nc(C(=O)NCC2CCCO2)cc(N2CCN(Cc3ccccc3)CC2)n1. The summed E-state index contributed by atoms with van der Waals surface area (Å²) in [5, 5.41) is 2.95. The Morgan fingerprint density at radius 2 is 1.97 bits per heavy atom. The van der Waals surface area contributed by atoms with Gasteiger partial charge in [0.2, 0.25) is 0 Å². The third-order valence-corrected chi connectivity index (χ3v) is 5.52. The molecule has 1 atom stereocenters. The van der Waals surface area contributed by atoms with Gasteiger partial charge in [-0.1, -0.05) is 30.3 Å². The van der Waals surface area contributed by atoms with Crippen molar-refractivity contribution in [3.8, 4) is 0 Å². The zero-order valence-corrected chi connectivity index (χ0v) is 17.0. The van der Waals surface area contributed by atoms with Crippen molar-refractivity contribution in [2.75, 3.05) is 44.2 Å². The standard InChI is InChI=1S/C22H29N5O2/c1-17-24-20(22(28)23-15-19-8-5-13-29-19)14-21(25-17)27-11-9-26(10-12-27)16-18-6-3-2-4-7-18/h2-4,6-7,14,19H,5,8-13,15-16H2,1H3,(H,23,28). The van der Waals surface area contributed by atoms with E-state index < -0.39 is 0 Å². The number of anilines is 1. The van der Waals surface area contributed by atoms with Crippen LogP contribution in [0.5, 0.6) is 0 Å². The van der Waals surface area contributed by atoms with Crippen LogP contribution in [0, 0.1) is 6.92 Å². The number of aromatic nitrogens is 2. The molecule has 1 N–H and O–H groups in total. The van der Waals surface area contributed by atoms with Crippen LogP contribution >= 0.6 is 0 Å². The number of hydrogen-bond donors (Lipinski definition) is 1. The van der Waals surface area contributed by atoms with Gasteiger partial charge in [-0.25, -0.2) is 9.97 Å². The van der Waals surface area contributed by atoms with E-state index in [9.17, 15) is 4.79 Å². The summed E-state index contributed by atoms with van der Waals surface area (Å²) in [4.78, 5) is 26.2. The van der Waals surface area contributed by atoms with Crippen molar-refractivity contribution in [1.29, 1.82) is 0 Å². The van der Waals surface area contributed by atoms with Crippen molar-refractivity contribution < 1.29 is 9.53 Å². The van der Waals surface area contributed by atoms with Crippen LogP contribution in [0.4, 0.5) is 5.82 Å². The van der Waals surface area contributed by atoms with Crippen molar-refractivity contribution in [1.82, 2.24) is 20.2 Å². The van der Waals surface area contributed by atoms with Gasteiger partial charge in [0.05, 0.1) is 6.10 Å². The number of hydrogen-bond acceptors (Lipinski definition) is 6. The summed E-state index contributed by atoms with van der Waals surface area (Å²) in [5.74, 6) is 1.30. The molecule has 0 radical (unpaired) electrons. The maximum Gasteiger partial charge on any atom is 0.270 e. The minimum absolute atomic E-state index is 0.124. The van der Waals surface area contributed by atoms with Gasteiger partial charge in [0, 0.05) is 51.9 Å². The molecule has 1 aromatic carbocycles. The van der Waals surface area contributed by atoms with E-state index in [1.807, 2.05) is 19.1 Å². The van der Waals surface area contributed by atoms with E-state index >= 15 is 0 Å². The van der Waals surface area contributed by atoms with Gasteiger partial charge in [-0.3, -0.25) is 9.69 Å². The van der Waals surface area contributed by atoms with Crippen LogP contribution < -0.4 is 10.2 Å². The molecule has 4 rings (SSSR count). The predicted octanol–water partition coefficient (Wildman–Crippen LogP) is 2.02. The van der Waals surface area contributed by atoms with Crippen molar-refractivity contribution in [3.05, 3.63) is 53.5 Å². The molecule has 2 saturated heterocycles. The maximum absolute atomic E-state index is 12.6. The second-order valence-electron chi connectivity index (χ2n) is 7.75. The molecular weight excluding hydrogens is 366 g/mol. The summed E-state index contributed by atoms with van der Waals surface area (Å²) < 4.78 is 5.57. The largest absolute Gasteiger partial charge is 0.376 e. The van der Waals surface area contributed by atoms with Crippen molar-refractivity contribution >= 4 is 11.7 Å². The number of carbonyl (C=O) groups is 1. The molecule has 1 unspecified atom stereocenters. The predicted molar refractivity (Wildman–Crippen MR) is 112 cm³/mol. The molecule has 7 nitrogen and oxygen atoms in total. The third kappa shape index (κ3) is 5.31. The van der Waals surface area contributed by atoms with Gasteiger partial charge in [-0.15, -0.1) is 0 Å². The van der Waals surface area contributed by atoms with Crippen LogP contribution in [0.25, 0.3) is 0 Å². The summed E-state index contributed by atoms with van der Waals surface area (Å²) >= 11 is 0. The molecule has 2 aliphatic rings. The van der Waals surface area contributed by atoms with E-state index in [1.54, 1.807) is 0 Å². The van der Waals surface area contributed by atoms with Crippen LogP contribution in [-0.2, 0) is 11.3 Å². The first-order chi connectivity index (χ1) is 14.2. The molecule has 29 heavy (non-hydrogen) atoms. The van der Waals surface area contributed by atoms with Gasteiger partial charge < -0.3 is 15.0 Å². The highest BCUT2D eigenvalue weighted by atomic mass is 16.5. The second-order valence-corrected chi connectivity index (χ2v) is 7.75. The minimum Gasteiger partial charge on any atom is -0.376 e. The second kappa shape index (κ2) is 9.33. The summed E-state index contributed by atoms with van der Waals surface area (Å²) in [7, 11) is 0. The van der Waals surface area contributed by atoms with E-state index in [0.717, 1.165) is 58.0 Å². The molecule has 0 aliphatic carbocycles. The first kappa shape index (κ1) is 19.8. The molecule has 0 bridgehead atoms. The number of amides is 1. The first-order valence-electron chi connectivity index (χ1n) is 10.4. The molecule has 3 heterocycles. The van der Waals surface area contributed by atoms with Gasteiger partial charge in [-0.2, -0.15) is 0 Å².